The van der Waals surface area contributed by atoms with E-state index < -0.39 is 0 Å². The van der Waals surface area contributed by atoms with E-state index in [1.807, 2.05) is 26.2 Å². The van der Waals surface area contributed by atoms with Crippen LogP contribution in [0.4, 0.5) is 5.69 Å². The Balaban J connectivity index is 1.72. The molecule has 0 saturated carbocycles. The lowest BCUT2D eigenvalue weighted by Gasteiger charge is -2.37. The van der Waals surface area contributed by atoms with Gasteiger partial charge in [-0.15, -0.1) is 0 Å². The maximum Gasteiger partial charge on any atom is 0.256 e. The van der Waals surface area contributed by atoms with Crippen molar-refractivity contribution in [1.82, 2.24) is 20.1 Å². The maximum absolute atomic E-state index is 13.4. The number of aromatic nitrogens is 3. The van der Waals surface area contributed by atoms with Crippen LogP contribution in [0.2, 0.25) is 0 Å². The summed E-state index contributed by atoms with van der Waals surface area (Å²) in [6.45, 7) is 8.27. The highest BCUT2D eigenvalue weighted by atomic mass is 16.5. The zero-order valence-corrected chi connectivity index (χ0v) is 20.5. The van der Waals surface area contributed by atoms with Crippen molar-refractivity contribution >= 4 is 22.5 Å². The van der Waals surface area contributed by atoms with Crippen LogP contribution >= 0.6 is 0 Å². The summed E-state index contributed by atoms with van der Waals surface area (Å²) in [5.74, 6) is 0.213. The van der Waals surface area contributed by atoms with E-state index in [0.717, 1.165) is 54.8 Å². The number of hydrogen-bond donors (Lipinski definition) is 2. The Labute approximate surface area is 199 Å². The Morgan fingerprint density at radius 1 is 1.32 bits per heavy atom. The highest BCUT2D eigenvalue weighted by Crippen LogP contribution is 2.36. The van der Waals surface area contributed by atoms with Crippen LogP contribution in [-0.4, -0.2) is 53.6 Å². The maximum atomic E-state index is 13.4. The van der Waals surface area contributed by atoms with Gasteiger partial charge in [-0.3, -0.25) is 14.3 Å². The molecule has 2 aromatic heterocycles. The van der Waals surface area contributed by atoms with Crippen LogP contribution in [0.25, 0.3) is 10.9 Å². The van der Waals surface area contributed by atoms with Crippen molar-refractivity contribution in [2.75, 3.05) is 31.8 Å². The molecular formula is C25H33N5O4. The van der Waals surface area contributed by atoms with Crippen molar-refractivity contribution in [1.29, 1.82) is 0 Å². The van der Waals surface area contributed by atoms with Gasteiger partial charge in [-0.2, -0.15) is 5.10 Å². The third-order valence-electron chi connectivity index (χ3n) is 6.66. The average Bonchev–Trinajstić information content (AvgIpc) is 3.20. The van der Waals surface area contributed by atoms with Gasteiger partial charge in [0.25, 0.3) is 11.5 Å². The number of benzene rings is 1. The molecule has 3 heterocycles. The number of aryl methyl sites for hydroxylation is 2. The highest BCUT2D eigenvalue weighted by Gasteiger charge is 2.27. The minimum absolute atomic E-state index is 0.0628. The van der Waals surface area contributed by atoms with Crippen LogP contribution in [0.1, 0.15) is 46.9 Å². The molecule has 0 unspecified atom stereocenters. The number of carbonyl (C=O) groups is 1. The number of nitrogens with one attached hydrogen (secondary N) is 2. The van der Waals surface area contributed by atoms with E-state index in [0.29, 0.717) is 28.6 Å². The molecule has 1 aliphatic rings. The second-order valence-electron chi connectivity index (χ2n) is 8.74. The molecular weight excluding hydrogens is 434 g/mol. The molecule has 1 aromatic carbocycles. The number of pyridine rings is 1. The van der Waals surface area contributed by atoms with Crippen molar-refractivity contribution < 1.29 is 14.3 Å². The van der Waals surface area contributed by atoms with Gasteiger partial charge in [-0.1, -0.05) is 0 Å². The quantitative estimate of drug-likeness (QED) is 0.554. The van der Waals surface area contributed by atoms with E-state index in [1.165, 1.54) is 7.11 Å². The fourth-order valence-corrected chi connectivity index (χ4v) is 4.88. The lowest BCUT2D eigenvalue weighted by Crippen LogP contribution is -2.40. The molecule has 1 aliphatic heterocycles. The van der Waals surface area contributed by atoms with Crippen molar-refractivity contribution in [3.8, 4) is 5.75 Å². The Morgan fingerprint density at radius 3 is 2.74 bits per heavy atom. The Hall–Kier alpha value is -3.33. The summed E-state index contributed by atoms with van der Waals surface area (Å²) < 4.78 is 12.7. The molecule has 0 bridgehead atoms. The molecule has 0 atom stereocenters. The van der Waals surface area contributed by atoms with Crippen LogP contribution in [-0.2, 0) is 18.3 Å². The first-order valence-corrected chi connectivity index (χ1v) is 11.7. The summed E-state index contributed by atoms with van der Waals surface area (Å²) in [7, 11) is 3.40. The smallest absolute Gasteiger partial charge is 0.256 e. The normalized spacial score (nSPS) is 14.4. The predicted molar refractivity (Wildman–Crippen MR) is 132 cm³/mol. The number of hydrogen-bond acceptors (Lipinski definition) is 6. The van der Waals surface area contributed by atoms with Crippen molar-refractivity contribution in [2.24, 2.45) is 7.05 Å². The second kappa shape index (κ2) is 9.89. The summed E-state index contributed by atoms with van der Waals surface area (Å²) in [4.78, 5) is 31.0. The van der Waals surface area contributed by atoms with Gasteiger partial charge in [0, 0.05) is 49.5 Å². The first-order valence-electron chi connectivity index (χ1n) is 11.7. The van der Waals surface area contributed by atoms with Gasteiger partial charge >= 0.3 is 0 Å². The summed E-state index contributed by atoms with van der Waals surface area (Å²) in [6, 6.07) is 3.97. The number of ether oxygens (including phenoxy) is 2. The van der Waals surface area contributed by atoms with E-state index in [2.05, 4.69) is 27.2 Å². The Morgan fingerprint density at radius 2 is 2.06 bits per heavy atom. The Bertz CT molecular complexity index is 1260. The number of fused-ring (bicyclic) bond motifs is 1. The monoisotopic (exact) mass is 467 g/mol. The summed E-state index contributed by atoms with van der Waals surface area (Å²) in [5.41, 5.74) is 4.21. The van der Waals surface area contributed by atoms with E-state index in [1.54, 1.807) is 17.7 Å². The lowest BCUT2D eigenvalue weighted by atomic mass is 9.98. The van der Waals surface area contributed by atoms with E-state index in [-0.39, 0.29) is 18.0 Å². The number of anilines is 1. The van der Waals surface area contributed by atoms with E-state index in [4.69, 9.17) is 9.47 Å². The number of aromatic amines is 1. The van der Waals surface area contributed by atoms with Gasteiger partial charge in [0.1, 0.15) is 5.75 Å². The largest absolute Gasteiger partial charge is 0.496 e. The summed E-state index contributed by atoms with van der Waals surface area (Å²) in [5, 5.41) is 8.42. The number of nitrogens with zero attached hydrogens (tertiary/aromatic N) is 3. The topological polar surface area (TPSA) is 101 Å². The van der Waals surface area contributed by atoms with E-state index >= 15 is 0 Å². The van der Waals surface area contributed by atoms with Gasteiger partial charge in [0.2, 0.25) is 0 Å². The molecule has 0 spiro atoms. The molecule has 9 heteroatoms. The summed E-state index contributed by atoms with van der Waals surface area (Å²) >= 11 is 0. The molecule has 1 saturated heterocycles. The van der Waals surface area contributed by atoms with Crippen molar-refractivity contribution in [3.63, 3.8) is 0 Å². The fraction of sp³-hybridized carbons (Fsp3) is 0.480. The van der Waals surface area contributed by atoms with Crippen LogP contribution in [0, 0.1) is 13.8 Å². The fourth-order valence-electron chi connectivity index (χ4n) is 4.88. The summed E-state index contributed by atoms with van der Waals surface area (Å²) in [6.07, 6.45) is 3.76. The molecule has 4 rings (SSSR count). The Kier molecular flexibility index (Phi) is 6.92. The van der Waals surface area contributed by atoms with Gasteiger partial charge in [0.15, 0.2) is 0 Å². The number of rotatable bonds is 7. The number of amides is 1. The first kappa shape index (κ1) is 23.8. The number of methoxy groups -OCH3 is 1. The molecule has 3 aromatic rings. The van der Waals surface area contributed by atoms with Crippen LogP contribution in [0.15, 0.2) is 23.1 Å². The first-order chi connectivity index (χ1) is 16.3. The molecule has 1 amide bonds. The zero-order chi connectivity index (χ0) is 24.4. The highest BCUT2D eigenvalue weighted by molar-refractivity contribution is 6.05. The van der Waals surface area contributed by atoms with Crippen molar-refractivity contribution in [2.45, 2.75) is 46.2 Å². The second-order valence-corrected chi connectivity index (χ2v) is 8.74. The van der Waals surface area contributed by atoms with E-state index in [9.17, 15) is 9.59 Å². The standard InChI is InChI=1S/C25H33N5O4/c1-6-30(17-7-9-34-10-8-17)23-16(3)18(12-21-19(23)14-27-29(21)4)24(31)26-13-20-22(33-5)11-15(2)28-25(20)32/h11-12,14,17H,6-10,13H2,1-5H3,(H,26,31)(H,28,32). The minimum atomic E-state index is -0.270. The van der Waals surface area contributed by atoms with Crippen LogP contribution in [0.3, 0.4) is 0 Å². The SMILES string of the molecule is CCN(c1c(C)c(C(=O)NCc2c(OC)cc(C)[nH]c2=O)cc2c1cnn2C)C1CCOCC1. The lowest BCUT2D eigenvalue weighted by molar-refractivity contribution is 0.0846. The van der Waals surface area contributed by atoms with Gasteiger partial charge in [-0.05, 0) is 51.3 Å². The molecule has 0 aliphatic carbocycles. The minimum Gasteiger partial charge on any atom is -0.496 e. The molecule has 34 heavy (non-hydrogen) atoms. The third-order valence-corrected chi connectivity index (χ3v) is 6.66. The zero-order valence-electron chi connectivity index (χ0n) is 20.5. The molecule has 2 N–H and O–H groups in total. The number of carbonyl (C=O) groups excluding carboxylic acids is 1. The van der Waals surface area contributed by atoms with Crippen molar-refractivity contribution in [3.05, 3.63) is 51.1 Å². The van der Waals surface area contributed by atoms with Crippen LogP contribution < -0.4 is 20.5 Å². The molecule has 0 radical (unpaired) electrons. The average molecular weight is 468 g/mol. The van der Waals surface area contributed by atoms with Gasteiger partial charge in [-0.25, -0.2) is 0 Å². The molecule has 182 valence electrons. The van der Waals surface area contributed by atoms with Crippen LogP contribution in [0.5, 0.6) is 5.75 Å². The third kappa shape index (κ3) is 4.40. The molecule has 9 nitrogen and oxygen atoms in total. The van der Waals surface area contributed by atoms with Gasteiger partial charge < -0.3 is 24.7 Å². The predicted octanol–water partition coefficient (Wildman–Crippen LogP) is 2.82. The molecule has 1 fully saturated rings. The number of H-pyrrole nitrogens is 1. The van der Waals surface area contributed by atoms with Gasteiger partial charge in [0.05, 0.1) is 36.6 Å².